The summed E-state index contributed by atoms with van der Waals surface area (Å²) in [6.07, 6.45) is 1.31. The number of hydrogen-bond acceptors (Lipinski definition) is 2. The first-order chi connectivity index (χ1) is 9.89. The van der Waals surface area contributed by atoms with Gasteiger partial charge in [-0.25, -0.2) is 0 Å². The fraction of sp³-hybridized carbons (Fsp3) is 0.611. The zero-order chi connectivity index (χ0) is 15.6. The van der Waals surface area contributed by atoms with Crippen LogP contribution in [-0.4, -0.2) is 25.6 Å². The van der Waals surface area contributed by atoms with Gasteiger partial charge in [0.05, 0.1) is 19.6 Å². The number of benzene rings is 1. The van der Waals surface area contributed by atoms with Crippen LogP contribution in [0.5, 0.6) is 0 Å². The van der Waals surface area contributed by atoms with Gasteiger partial charge in [-0.2, -0.15) is 0 Å². The second-order valence-corrected chi connectivity index (χ2v) is 6.64. The Kier molecular flexibility index (Phi) is 4.72. The number of carbonyl (C=O) groups excluding carboxylic acids is 1. The second-order valence-electron chi connectivity index (χ2n) is 6.64. The lowest BCUT2D eigenvalue weighted by Crippen LogP contribution is -3.15. The molecule has 1 aromatic carbocycles. The maximum absolute atomic E-state index is 12.0. The highest BCUT2D eigenvalue weighted by Crippen LogP contribution is 2.40. The van der Waals surface area contributed by atoms with Crippen molar-refractivity contribution in [2.75, 3.05) is 13.6 Å². The fourth-order valence-corrected chi connectivity index (χ4v) is 3.47. The second kappa shape index (κ2) is 6.18. The Hall–Kier alpha value is -1.35. The lowest BCUT2D eigenvalue weighted by molar-refractivity contribution is -0.916. The van der Waals surface area contributed by atoms with E-state index in [1.165, 1.54) is 10.5 Å². The summed E-state index contributed by atoms with van der Waals surface area (Å²) in [6, 6.07) is 8.92. The quantitative estimate of drug-likeness (QED) is 0.864. The van der Waals surface area contributed by atoms with E-state index in [4.69, 9.17) is 4.74 Å². The molecule has 1 saturated heterocycles. The van der Waals surface area contributed by atoms with Crippen LogP contribution >= 0.6 is 0 Å². The number of esters is 1. The average molecular weight is 290 g/mol. The van der Waals surface area contributed by atoms with Gasteiger partial charge in [-0.3, -0.25) is 4.79 Å². The number of carbonyl (C=O) groups is 1. The highest BCUT2D eigenvalue weighted by molar-refractivity contribution is 5.69. The molecule has 2 rings (SSSR count). The van der Waals surface area contributed by atoms with Crippen molar-refractivity contribution >= 4 is 5.97 Å². The minimum Gasteiger partial charge on any atom is -0.453 e. The summed E-state index contributed by atoms with van der Waals surface area (Å²) >= 11 is 0. The largest absolute Gasteiger partial charge is 0.453 e. The Labute approximate surface area is 128 Å². The van der Waals surface area contributed by atoms with Gasteiger partial charge in [-0.15, -0.1) is 0 Å². The van der Waals surface area contributed by atoms with Crippen molar-refractivity contribution in [3.63, 3.8) is 0 Å². The first kappa shape index (κ1) is 16.0. The summed E-state index contributed by atoms with van der Waals surface area (Å²) in [6.45, 7) is 9.42. The SMILES string of the molecule is CCC(=O)O[C@@]1(c2cccc(C)c2)C[C@@H](C)[NH+](C)C[C@@H]1C. The smallest absolute Gasteiger partial charge is 0.306 e. The molecule has 0 saturated carbocycles. The Morgan fingerprint density at radius 1 is 1.43 bits per heavy atom. The van der Waals surface area contributed by atoms with Gasteiger partial charge in [0.25, 0.3) is 0 Å². The lowest BCUT2D eigenvalue weighted by atomic mass is 9.74. The highest BCUT2D eigenvalue weighted by Gasteiger charge is 2.49. The number of piperidine rings is 1. The van der Waals surface area contributed by atoms with E-state index in [9.17, 15) is 4.79 Å². The first-order valence-corrected chi connectivity index (χ1v) is 8.00. The van der Waals surface area contributed by atoms with Gasteiger partial charge < -0.3 is 9.64 Å². The number of ether oxygens (including phenoxy) is 1. The fourth-order valence-electron chi connectivity index (χ4n) is 3.47. The maximum atomic E-state index is 12.0. The normalized spacial score (nSPS) is 32.7. The van der Waals surface area contributed by atoms with Crippen molar-refractivity contribution in [1.82, 2.24) is 0 Å². The van der Waals surface area contributed by atoms with Crippen LogP contribution < -0.4 is 4.90 Å². The van der Waals surface area contributed by atoms with Crippen LogP contribution in [0.25, 0.3) is 0 Å². The van der Waals surface area contributed by atoms with Gasteiger partial charge in [0, 0.05) is 18.8 Å². The molecular weight excluding hydrogens is 262 g/mol. The van der Waals surface area contributed by atoms with Crippen molar-refractivity contribution in [2.24, 2.45) is 5.92 Å². The molecule has 1 N–H and O–H groups in total. The van der Waals surface area contributed by atoms with Crippen LogP contribution in [0.2, 0.25) is 0 Å². The van der Waals surface area contributed by atoms with Crippen LogP contribution in [0.15, 0.2) is 24.3 Å². The van der Waals surface area contributed by atoms with Gasteiger partial charge in [0.2, 0.25) is 0 Å². The first-order valence-electron chi connectivity index (χ1n) is 8.00. The van der Waals surface area contributed by atoms with E-state index in [1.54, 1.807) is 0 Å². The van der Waals surface area contributed by atoms with Crippen LogP contribution in [0.4, 0.5) is 0 Å². The molecule has 0 aliphatic carbocycles. The predicted molar refractivity (Wildman–Crippen MR) is 84.2 cm³/mol. The molecule has 0 spiro atoms. The van der Waals surface area contributed by atoms with Gasteiger partial charge in [-0.05, 0) is 19.4 Å². The Morgan fingerprint density at radius 3 is 2.76 bits per heavy atom. The van der Waals surface area contributed by atoms with Crippen LogP contribution in [0.3, 0.4) is 0 Å². The zero-order valence-electron chi connectivity index (χ0n) is 13.9. The van der Waals surface area contributed by atoms with Gasteiger partial charge in [0.1, 0.15) is 0 Å². The van der Waals surface area contributed by atoms with E-state index in [2.05, 4.69) is 52.1 Å². The van der Waals surface area contributed by atoms with Gasteiger partial charge >= 0.3 is 5.97 Å². The van der Waals surface area contributed by atoms with Gasteiger partial charge in [-0.1, -0.05) is 43.7 Å². The molecule has 0 aromatic heterocycles. The number of quaternary nitrogens is 1. The summed E-state index contributed by atoms with van der Waals surface area (Å²) < 4.78 is 6.05. The molecule has 1 fully saturated rings. The molecule has 0 bridgehead atoms. The lowest BCUT2D eigenvalue weighted by Gasteiger charge is -2.46. The van der Waals surface area contributed by atoms with Crippen LogP contribution in [-0.2, 0) is 15.1 Å². The summed E-state index contributed by atoms with van der Waals surface area (Å²) in [5.41, 5.74) is 1.89. The molecule has 116 valence electrons. The molecule has 4 atom stereocenters. The third kappa shape index (κ3) is 3.13. The minimum atomic E-state index is -0.474. The number of rotatable bonds is 3. The summed E-state index contributed by atoms with van der Waals surface area (Å²) in [7, 11) is 2.23. The topological polar surface area (TPSA) is 30.7 Å². The van der Waals surface area contributed by atoms with E-state index < -0.39 is 5.60 Å². The Bertz CT molecular complexity index is 514. The molecule has 3 nitrogen and oxygen atoms in total. The van der Waals surface area contributed by atoms with Crippen LogP contribution in [0.1, 0.15) is 44.7 Å². The van der Waals surface area contributed by atoms with Crippen LogP contribution in [0, 0.1) is 12.8 Å². The van der Waals surface area contributed by atoms with E-state index in [-0.39, 0.29) is 5.97 Å². The third-order valence-electron chi connectivity index (χ3n) is 4.97. The van der Waals surface area contributed by atoms with Gasteiger partial charge in [0.15, 0.2) is 5.60 Å². The molecule has 0 amide bonds. The summed E-state index contributed by atoms with van der Waals surface area (Å²) in [5, 5.41) is 0. The molecule has 21 heavy (non-hydrogen) atoms. The molecule has 1 unspecified atom stereocenters. The molecule has 1 aliphatic heterocycles. The predicted octanol–water partition coefficient (Wildman–Crippen LogP) is 2.09. The van der Waals surface area contributed by atoms with E-state index >= 15 is 0 Å². The van der Waals surface area contributed by atoms with E-state index in [1.807, 2.05) is 6.92 Å². The number of hydrogen-bond donors (Lipinski definition) is 1. The number of nitrogens with one attached hydrogen (secondary N) is 1. The van der Waals surface area contributed by atoms with Crippen molar-refractivity contribution in [3.05, 3.63) is 35.4 Å². The molecule has 1 heterocycles. The molecule has 3 heteroatoms. The van der Waals surface area contributed by atoms with E-state index in [0.29, 0.717) is 18.4 Å². The van der Waals surface area contributed by atoms with Crippen molar-refractivity contribution in [1.29, 1.82) is 0 Å². The zero-order valence-corrected chi connectivity index (χ0v) is 13.9. The number of aryl methyl sites for hydroxylation is 1. The van der Waals surface area contributed by atoms with Crippen molar-refractivity contribution in [3.8, 4) is 0 Å². The third-order valence-corrected chi connectivity index (χ3v) is 4.97. The Balaban J connectivity index is 2.46. The standard InChI is InChI=1S/C18H27NO2/c1-6-17(20)21-18(16-9-7-8-13(2)10-16)11-15(4)19(5)12-14(18)3/h7-10,14-15H,6,11-12H2,1-5H3/p+1/t14-,15+,18-/m0/s1. The molecular formula is C18H28NO2+. The number of likely N-dealkylation sites (tertiary alicyclic amines) is 1. The minimum absolute atomic E-state index is 0.102. The van der Waals surface area contributed by atoms with Crippen molar-refractivity contribution in [2.45, 2.75) is 52.2 Å². The maximum Gasteiger partial charge on any atom is 0.306 e. The Morgan fingerprint density at radius 2 is 2.14 bits per heavy atom. The summed E-state index contributed by atoms with van der Waals surface area (Å²) in [5.74, 6) is 0.209. The van der Waals surface area contributed by atoms with Crippen molar-refractivity contribution < 1.29 is 14.4 Å². The molecule has 0 radical (unpaired) electrons. The average Bonchev–Trinajstić information content (AvgIpc) is 2.44. The molecule has 1 aromatic rings. The summed E-state index contributed by atoms with van der Waals surface area (Å²) in [4.78, 5) is 13.6. The highest BCUT2D eigenvalue weighted by atomic mass is 16.6. The van der Waals surface area contributed by atoms with E-state index in [0.717, 1.165) is 18.5 Å². The molecule has 1 aliphatic rings. The monoisotopic (exact) mass is 290 g/mol.